The van der Waals surface area contributed by atoms with Crippen LogP contribution in [0.25, 0.3) is 0 Å². The van der Waals surface area contributed by atoms with Crippen molar-refractivity contribution in [1.29, 1.82) is 0 Å². The monoisotopic (exact) mass is 544 g/mol. The maximum atomic E-state index is 13.7. The first-order valence-corrected chi connectivity index (χ1v) is 13.6. The highest BCUT2D eigenvalue weighted by Gasteiger charge is 2.78. The van der Waals surface area contributed by atoms with Crippen LogP contribution in [0.2, 0.25) is 0 Å². The predicted octanol–water partition coefficient (Wildman–Crippen LogP) is -1.45. The summed E-state index contributed by atoms with van der Waals surface area (Å²) >= 11 is 0. The number of amides is 4. The van der Waals surface area contributed by atoms with Crippen molar-refractivity contribution >= 4 is 35.0 Å². The molecule has 4 saturated heterocycles. The Hall–Kier alpha value is -4.16. The van der Waals surface area contributed by atoms with Crippen LogP contribution in [0.1, 0.15) is 24.0 Å². The van der Waals surface area contributed by atoms with Crippen molar-refractivity contribution in [3.05, 3.63) is 59.7 Å². The molecule has 8 atom stereocenters. The number of carbonyl (C=O) groups excluding carboxylic acids is 4. The fourth-order valence-electron chi connectivity index (χ4n) is 8.65. The van der Waals surface area contributed by atoms with Crippen LogP contribution in [0, 0.1) is 0 Å². The number of para-hydroxylation sites is 2. The van der Waals surface area contributed by atoms with Crippen molar-refractivity contribution < 1.29 is 29.4 Å². The first-order valence-electron chi connectivity index (χ1n) is 13.6. The summed E-state index contributed by atoms with van der Waals surface area (Å²) in [6.07, 6.45) is -0.842. The van der Waals surface area contributed by atoms with Gasteiger partial charge in [0.25, 0.3) is 0 Å². The van der Waals surface area contributed by atoms with E-state index in [0.29, 0.717) is 0 Å². The molecule has 0 bridgehead atoms. The van der Waals surface area contributed by atoms with E-state index in [1.807, 2.05) is 48.5 Å². The molecule has 0 aromatic heterocycles. The van der Waals surface area contributed by atoms with Gasteiger partial charge in [0.2, 0.25) is 23.6 Å². The van der Waals surface area contributed by atoms with Gasteiger partial charge in [-0.05, 0) is 36.1 Å². The number of aliphatic hydroxyl groups excluding tert-OH is 2. The SMILES string of the molecule is O=C1N[C@H](CO)C(=O)N2[C@@H]1CC1(C34C[C@@H]5C(=O)N[C@H](CO)C(=O)N5[C@H]3Nc3ccccc34)c3ccccc3N[C@H]21. The van der Waals surface area contributed by atoms with Crippen LogP contribution < -0.4 is 21.3 Å². The molecule has 6 aliphatic rings. The third-order valence-electron chi connectivity index (χ3n) is 10.1. The van der Waals surface area contributed by atoms with Crippen LogP contribution in [-0.2, 0) is 30.0 Å². The number of hydrogen-bond acceptors (Lipinski definition) is 8. The fourth-order valence-corrected chi connectivity index (χ4v) is 8.65. The van der Waals surface area contributed by atoms with Crippen molar-refractivity contribution in [2.75, 3.05) is 23.8 Å². The van der Waals surface area contributed by atoms with Crippen LogP contribution in [0.4, 0.5) is 11.4 Å². The Labute approximate surface area is 228 Å². The molecule has 6 aliphatic heterocycles. The Balaban J connectivity index is 1.41. The van der Waals surface area contributed by atoms with E-state index >= 15 is 0 Å². The van der Waals surface area contributed by atoms with Gasteiger partial charge in [-0.3, -0.25) is 19.2 Å². The molecule has 0 spiro atoms. The van der Waals surface area contributed by atoms with Gasteiger partial charge in [0.05, 0.1) is 24.0 Å². The molecule has 12 heteroatoms. The number of rotatable bonds is 3. The molecular weight excluding hydrogens is 516 g/mol. The molecule has 2 aromatic carbocycles. The minimum atomic E-state index is -1.06. The number of nitrogens with zero attached hydrogens (tertiary/aromatic N) is 2. The Bertz CT molecular complexity index is 1400. The Morgan fingerprint density at radius 1 is 0.650 bits per heavy atom. The van der Waals surface area contributed by atoms with Crippen LogP contribution in [0.5, 0.6) is 0 Å². The molecule has 206 valence electrons. The second kappa shape index (κ2) is 7.73. The van der Waals surface area contributed by atoms with Crippen LogP contribution in [0.15, 0.2) is 48.5 Å². The number of fused-ring (bicyclic) bond motifs is 11. The second-order valence-electron chi connectivity index (χ2n) is 11.5. The molecule has 4 fully saturated rings. The third kappa shape index (κ3) is 2.50. The van der Waals surface area contributed by atoms with E-state index < -0.39 is 60.5 Å². The van der Waals surface area contributed by atoms with Crippen LogP contribution in [-0.4, -0.2) is 93.4 Å². The van der Waals surface area contributed by atoms with Crippen LogP contribution >= 0.6 is 0 Å². The van der Waals surface area contributed by atoms with Gasteiger partial charge in [-0.25, -0.2) is 0 Å². The van der Waals surface area contributed by atoms with Crippen molar-refractivity contribution in [2.24, 2.45) is 0 Å². The topological polar surface area (TPSA) is 163 Å². The van der Waals surface area contributed by atoms with Gasteiger partial charge in [-0.2, -0.15) is 0 Å². The minimum absolute atomic E-state index is 0.254. The molecule has 4 amide bonds. The smallest absolute Gasteiger partial charge is 0.249 e. The number of nitrogens with one attached hydrogen (secondary N) is 4. The summed E-state index contributed by atoms with van der Waals surface area (Å²) in [5.41, 5.74) is 1.59. The van der Waals surface area contributed by atoms with E-state index in [1.54, 1.807) is 9.80 Å². The summed E-state index contributed by atoms with van der Waals surface area (Å²) in [4.78, 5) is 57.5. The number of piperazine rings is 2. The average molecular weight is 545 g/mol. The zero-order valence-electron chi connectivity index (χ0n) is 21.3. The number of carbonyl (C=O) groups is 4. The quantitative estimate of drug-likeness (QED) is 0.273. The second-order valence-corrected chi connectivity index (χ2v) is 11.5. The molecule has 12 nitrogen and oxygen atoms in total. The normalized spacial score (nSPS) is 38.4. The summed E-state index contributed by atoms with van der Waals surface area (Å²) in [6, 6.07) is 11.8. The summed E-state index contributed by atoms with van der Waals surface area (Å²) in [5.74, 6) is -1.44. The lowest BCUT2D eigenvalue weighted by molar-refractivity contribution is -0.150. The molecule has 6 N–H and O–H groups in total. The first kappa shape index (κ1) is 23.7. The maximum absolute atomic E-state index is 13.7. The lowest BCUT2D eigenvalue weighted by Gasteiger charge is -2.48. The van der Waals surface area contributed by atoms with E-state index in [2.05, 4.69) is 21.3 Å². The zero-order chi connectivity index (χ0) is 27.6. The Morgan fingerprint density at radius 2 is 1.05 bits per heavy atom. The molecule has 6 heterocycles. The standard InChI is InChI=1S/C28H28N6O6/c35-11-17-23(39)33-19(21(37)29-17)9-27(13-5-1-3-7-15(13)31-25(27)33)28-10-20-22(38)30-18(12-36)24(40)34(20)26(28)32-16-8-4-2-6-14(16)28/h1-8,17-20,25-26,31-32,35-36H,9-12H2,(H,29,37)(H,30,38)/t17-,18-,19-,20-,25-,26-,27?,28?/m1/s1. The van der Waals surface area contributed by atoms with E-state index in [0.717, 1.165) is 22.5 Å². The summed E-state index contributed by atoms with van der Waals surface area (Å²) < 4.78 is 0. The molecular formula is C28H28N6O6. The lowest BCUT2D eigenvalue weighted by atomic mass is 9.54. The summed E-state index contributed by atoms with van der Waals surface area (Å²) in [6.45, 7) is -1.04. The average Bonchev–Trinajstić information content (AvgIpc) is 3.67. The summed E-state index contributed by atoms with van der Waals surface area (Å²) in [5, 5.41) is 32.3. The molecule has 8 rings (SSSR count). The van der Waals surface area contributed by atoms with Gasteiger partial charge < -0.3 is 41.3 Å². The van der Waals surface area contributed by atoms with Crippen molar-refractivity contribution in [3.8, 4) is 0 Å². The minimum Gasteiger partial charge on any atom is -0.394 e. The van der Waals surface area contributed by atoms with Gasteiger partial charge in [-0.1, -0.05) is 36.4 Å². The van der Waals surface area contributed by atoms with Gasteiger partial charge in [0.1, 0.15) is 36.5 Å². The van der Waals surface area contributed by atoms with Crippen LogP contribution in [0.3, 0.4) is 0 Å². The van der Waals surface area contributed by atoms with Gasteiger partial charge in [-0.15, -0.1) is 0 Å². The maximum Gasteiger partial charge on any atom is 0.249 e. The highest BCUT2D eigenvalue weighted by molar-refractivity contribution is 6.01. The molecule has 2 aromatic rings. The van der Waals surface area contributed by atoms with Gasteiger partial charge in [0.15, 0.2) is 0 Å². The van der Waals surface area contributed by atoms with Crippen molar-refractivity contribution in [1.82, 2.24) is 20.4 Å². The molecule has 40 heavy (non-hydrogen) atoms. The highest BCUT2D eigenvalue weighted by atomic mass is 16.3. The Morgan fingerprint density at radius 3 is 1.45 bits per heavy atom. The van der Waals surface area contributed by atoms with Gasteiger partial charge >= 0.3 is 0 Å². The van der Waals surface area contributed by atoms with E-state index in [-0.39, 0.29) is 36.5 Å². The van der Waals surface area contributed by atoms with Crippen molar-refractivity contribution in [3.63, 3.8) is 0 Å². The molecule has 0 radical (unpaired) electrons. The Kier molecular flexibility index (Phi) is 4.58. The number of anilines is 2. The highest BCUT2D eigenvalue weighted by Crippen LogP contribution is 2.68. The molecule has 0 saturated carbocycles. The van der Waals surface area contributed by atoms with E-state index in [1.165, 1.54) is 0 Å². The summed E-state index contributed by atoms with van der Waals surface area (Å²) in [7, 11) is 0. The van der Waals surface area contributed by atoms with Crippen molar-refractivity contribution in [2.45, 2.75) is 60.2 Å². The fraction of sp³-hybridized carbons (Fsp3) is 0.429. The number of hydrogen-bond donors (Lipinski definition) is 6. The zero-order valence-corrected chi connectivity index (χ0v) is 21.3. The molecule has 0 aliphatic carbocycles. The molecule has 2 unspecified atom stereocenters. The first-order chi connectivity index (χ1) is 19.4. The lowest BCUT2D eigenvalue weighted by Crippen LogP contribution is -2.67. The van der Waals surface area contributed by atoms with E-state index in [4.69, 9.17) is 0 Å². The van der Waals surface area contributed by atoms with Gasteiger partial charge in [0, 0.05) is 11.4 Å². The predicted molar refractivity (Wildman–Crippen MR) is 140 cm³/mol. The third-order valence-corrected chi connectivity index (χ3v) is 10.1. The number of aliphatic hydroxyl groups is 2. The largest absolute Gasteiger partial charge is 0.394 e. The van der Waals surface area contributed by atoms with E-state index in [9.17, 15) is 29.4 Å². The number of benzene rings is 2.